The molecule has 7 heteroatoms. The van der Waals surface area contributed by atoms with Gasteiger partial charge in [-0.1, -0.05) is 42.0 Å². The van der Waals surface area contributed by atoms with Crippen LogP contribution in [0.1, 0.15) is 16.1 Å². The third-order valence-corrected chi connectivity index (χ3v) is 5.01. The third kappa shape index (κ3) is 2.58. The number of hydrogen-bond donors (Lipinski definition) is 0. The van der Waals surface area contributed by atoms with Gasteiger partial charge in [-0.25, -0.2) is 4.98 Å². The lowest BCUT2D eigenvalue weighted by atomic mass is 10.1. The fourth-order valence-corrected chi connectivity index (χ4v) is 3.80. The second-order valence-corrected chi connectivity index (χ2v) is 6.71. The molecule has 0 aliphatic rings. The molecule has 4 aromatic rings. The van der Waals surface area contributed by atoms with Crippen LogP contribution in [0.2, 0.25) is 0 Å². The van der Waals surface area contributed by atoms with Gasteiger partial charge in [-0.15, -0.1) is 11.3 Å². The maximum atomic E-state index is 11.8. The zero-order chi connectivity index (χ0) is 18.3. The number of aryl methyl sites for hydroxylation is 1. The van der Waals surface area contributed by atoms with E-state index in [9.17, 15) is 14.9 Å². The molecule has 0 unspecified atom stereocenters. The molecule has 0 radical (unpaired) electrons. The van der Waals surface area contributed by atoms with E-state index in [4.69, 9.17) is 0 Å². The van der Waals surface area contributed by atoms with Crippen molar-refractivity contribution >= 4 is 28.3 Å². The molecule has 2 aromatic carbocycles. The van der Waals surface area contributed by atoms with Gasteiger partial charge in [-0.3, -0.25) is 19.3 Å². The summed E-state index contributed by atoms with van der Waals surface area (Å²) in [4.78, 5) is 27.6. The van der Waals surface area contributed by atoms with Crippen molar-refractivity contribution < 1.29 is 9.72 Å². The molecule has 0 spiro atoms. The van der Waals surface area contributed by atoms with Crippen LogP contribution in [0.15, 0.2) is 53.9 Å². The Hall–Kier alpha value is -3.32. The number of carbonyl (C=O) groups excluding carboxylic acids is 1. The van der Waals surface area contributed by atoms with E-state index in [1.54, 1.807) is 16.5 Å². The molecule has 0 bridgehead atoms. The van der Waals surface area contributed by atoms with Crippen LogP contribution >= 0.6 is 11.3 Å². The fraction of sp³-hybridized carbons (Fsp3) is 0.0526. The minimum absolute atomic E-state index is 0.0329. The molecule has 2 heterocycles. The van der Waals surface area contributed by atoms with Crippen LogP contribution in [-0.2, 0) is 0 Å². The summed E-state index contributed by atoms with van der Waals surface area (Å²) in [6.07, 6.45) is 0.749. The van der Waals surface area contributed by atoms with Crippen LogP contribution in [-0.4, -0.2) is 20.6 Å². The summed E-state index contributed by atoms with van der Waals surface area (Å²) in [7, 11) is 0. The predicted molar refractivity (Wildman–Crippen MR) is 101 cm³/mol. The number of aromatic nitrogens is 2. The van der Waals surface area contributed by atoms with E-state index < -0.39 is 4.92 Å². The first-order valence-corrected chi connectivity index (χ1v) is 8.73. The van der Waals surface area contributed by atoms with Gasteiger partial charge in [0.05, 0.1) is 10.6 Å². The summed E-state index contributed by atoms with van der Waals surface area (Å²) >= 11 is 1.43. The molecule has 0 saturated heterocycles. The number of thiazole rings is 1. The molecular weight excluding hydrogens is 350 g/mol. The highest BCUT2D eigenvalue weighted by Gasteiger charge is 2.19. The maximum absolute atomic E-state index is 11.8. The van der Waals surface area contributed by atoms with Gasteiger partial charge in [0.2, 0.25) is 0 Å². The number of nitro groups is 1. The lowest BCUT2D eigenvalue weighted by Crippen LogP contribution is -1.95. The van der Waals surface area contributed by atoms with E-state index in [2.05, 4.69) is 4.98 Å². The zero-order valence-electron chi connectivity index (χ0n) is 13.7. The highest BCUT2D eigenvalue weighted by atomic mass is 32.1. The first-order valence-electron chi connectivity index (χ1n) is 7.85. The van der Waals surface area contributed by atoms with Crippen molar-refractivity contribution in [2.45, 2.75) is 6.92 Å². The van der Waals surface area contributed by atoms with Crippen molar-refractivity contribution in [2.24, 2.45) is 0 Å². The molecule has 0 atom stereocenters. The van der Waals surface area contributed by atoms with Crippen LogP contribution in [0.3, 0.4) is 0 Å². The summed E-state index contributed by atoms with van der Waals surface area (Å²) in [6, 6.07) is 14.2. The number of nitro benzene ring substituents is 1. The minimum atomic E-state index is -0.458. The van der Waals surface area contributed by atoms with Crippen molar-refractivity contribution in [3.8, 4) is 22.5 Å². The number of nitrogens with zero attached hydrogens (tertiary/aromatic N) is 3. The number of non-ortho nitro benzene ring substituents is 1. The Kier molecular flexibility index (Phi) is 3.85. The highest BCUT2D eigenvalue weighted by Crippen LogP contribution is 2.33. The number of rotatable bonds is 4. The normalized spacial score (nSPS) is 11.0. The third-order valence-electron chi connectivity index (χ3n) is 4.19. The second-order valence-electron chi connectivity index (χ2n) is 5.88. The summed E-state index contributed by atoms with van der Waals surface area (Å²) < 4.78 is 1.80. The number of hydrogen-bond acceptors (Lipinski definition) is 5. The van der Waals surface area contributed by atoms with Gasteiger partial charge >= 0.3 is 0 Å². The van der Waals surface area contributed by atoms with Crippen LogP contribution in [0.4, 0.5) is 5.69 Å². The van der Waals surface area contributed by atoms with E-state index in [0.29, 0.717) is 21.9 Å². The van der Waals surface area contributed by atoms with E-state index in [1.165, 1.54) is 23.5 Å². The number of imidazole rings is 1. The van der Waals surface area contributed by atoms with Crippen molar-refractivity contribution in [3.63, 3.8) is 0 Å². The van der Waals surface area contributed by atoms with Gasteiger partial charge in [0.1, 0.15) is 11.4 Å². The topological polar surface area (TPSA) is 77.5 Å². The largest absolute Gasteiger partial charge is 0.296 e. The predicted octanol–water partition coefficient (Wildman–Crippen LogP) is 4.76. The summed E-state index contributed by atoms with van der Waals surface area (Å²) in [5.41, 5.74) is 4.35. The second kappa shape index (κ2) is 6.20. The first kappa shape index (κ1) is 16.2. The van der Waals surface area contributed by atoms with Gasteiger partial charge < -0.3 is 0 Å². The summed E-state index contributed by atoms with van der Waals surface area (Å²) in [5.74, 6) is 0. The van der Waals surface area contributed by atoms with Crippen molar-refractivity contribution in [2.75, 3.05) is 0 Å². The Balaban J connectivity index is 1.93. The highest BCUT2D eigenvalue weighted by molar-refractivity contribution is 7.15. The number of fused-ring (bicyclic) bond motifs is 1. The number of benzene rings is 2. The molecule has 0 saturated carbocycles. The number of carbonyl (C=O) groups is 1. The van der Waals surface area contributed by atoms with Crippen molar-refractivity contribution in [1.82, 2.24) is 9.38 Å². The molecule has 0 amide bonds. The van der Waals surface area contributed by atoms with Gasteiger partial charge in [0.15, 0.2) is 11.2 Å². The number of aldehydes is 1. The van der Waals surface area contributed by atoms with Gasteiger partial charge in [-0.2, -0.15) is 0 Å². The monoisotopic (exact) mass is 363 g/mol. The molecule has 0 aliphatic heterocycles. The van der Waals surface area contributed by atoms with Crippen LogP contribution < -0.4 is 0 Å². The minimum Gasteiger partial charge on any atom is -0.296 e. The molecule has 4 rings (SSSR count). The lowest BCUT2D eigenvalue weighted by Gasteiger charge is -2.03. The Morgan fingerprint density at radius 3 is 2.62 bits per heavy atom. The van der Waals surface area contributed by atoms with Crippen molar-refractivity contribution in [1.29, 1.82) is 0 Å². The SMILES string of the molecule is Cc1ccc(-c2csc3nc(-c4cccc([N+](=O)[O-])c4)c(C=O)n23)cc1. The standard InChI is InChI=1S/C19H13N3O3S/c1-12-5-7-13(8-6-12)17-11-26-19-20-18(16(10-23)21(17)19)14-3-2-4-15(9-14)22(24)25/h2-11H,1H3. The van der Waals surface area contributed by atoms with E-state index >= 15 is 0 Å². The summed E-state index contributed by atoms with van der Waals surface area (Å²) in [6.45, 7) is 2.02. The quantitative estimate of drug-likeness (QED) is 0.297. The molecule has 128 valence electrons. The molecule has 2 aromatic heterocycles. The molecular formula is C19H13N3O3S. The smallest absolute Gasteiger partial charge is 0.270 e. The maximum Gasteiger partial charge on any atom is 0.270 e. The van der Waals surface area contributed by atoms with E-state index in [0.717, 1.165) is 23.1 Å². The van der Waals surface area contributed by atoms with Gasteiger partial charge in [0.25, 0.3) is 5.69 Å². The molecule has 0 fully saturated rings. The fourth-order valence-electron chi connectivity index (χ4n) is 2.89. The molecule has 6 nitrogen and oxygen atoms in total. The Labute approximate surface area is 152 Å². The van der Waals surface area contributed by atoms with E-state index in [-0.39, 0.29) is 5.69 Å². The van der Waals surface area contributed by atoms with Crippen LogP contribution in [0.5, 0.6) is 0 Å². The molecule has 0 aliphatic carbocycles. The van der Waals surface area contributed by atoms with Crippen molar-refractivity contribution in [3.05, 3.63) is 75.3 Å². The first-order chi connectivity index (χ1) is 12.6. The average molecular weight is 363 g/mol. The van der Waals surface area contributed by atoms with Crippen LogP contribution in [0, 0.1) is 17.0 Å². The van der Waals surface area contributed by atoms with Crippen LogP contribution in [0.25, 0.3) is 27.5 Å². The summed E-state index contributed by atoms with van der Waals surface area (Å²) in [5, 5.41) is 13.0. The molecule has 0 N–H and O–H groups in total. The Morgan fingerprint density at radius 2 is 1.92 bits per heavy atom. The Bertz CT molecular complexity index is 1140. The molecule has 26 heavy (non-hydrogen) atoms. The van der Waals surface area contributed by atoms with Gasteiger partial charge in [0, 0.05) is 23.1 Å². The lowest BCUT2D eigenvalue weighted by molar-refractivity contribution is -0.384. The zero-order valence-corrected chi connectivity index (χ0v) is 14.6. The average Bonchev–Trinajstić information content (AvgIpc) is 3.21. The van der Waals surface area contributed by atoms with Gasteiger partial charge in [-0.05, 0) is 12.5 Å². The van der Waals surface area contributed by atoms with E-state index in [1.807, 2.05) is 36.6 Å². The Morgan fingerprint density at radius 1 is 1.15 bits per heavy atom.